The average molecular weight is 616 g/mol. The highest BCUT2D eigenvalue weighted by Crippen LogP contribution is 2.34. The van der Waals surface area contributed by atoms with Gasteiger partial charge in [-0.25, -0.2) is 9.78 Å². The van der Waals surface area contributed by atoms with Gasteiger partial charge in [-0.05, 0) is 82.9 Å². The Labute approximate surface area is 259 Å². The zero-order valence-electron chi connectivity index (χ0n) is 25.3. The van der Waals surface area contributed by atoms with E-state index < -0.39 is 11.7 Å². The van der Waals surface area contributed by atoms with E-state index in [0.717, 1.165) is 0 Å². The standard InChI is InChI=1S/C32H37N7O6/c1-32(2,3)45-31(41)36-20-8-4-19(5-9-20)29(40)35-21-14-24(43-22-10-6-18(7-11-22)28(33)39-42)16-25(15-21)44-23-12-13-26-27(17-23)38-30(34)37-26/h6-7,10-17,19-20,42H,4-5,8-9H2,1-3H3,(H2,33,39)(H,35,40)(H,36,41)(H3,34,37,38). The van der Waals surface area contributed by atoms with Crippen LogP contribution in [0.2, 0.25) is 0 Å². The van der Waals surface area contributed by atoms with E-state index in [0.29, 0.717) is 76.9 Å². The number of hydrogen-bond donors (Lipinski definition) is 6. The number of nitrogens with zero attached hydrogens (tertiary/aromatic N) is 2. The number of benzene rings is 3. The smallest absolute Gasteiger partial charge is 0.407 e. The SMILES string of the molecule is CC(C)(C)OC(=O)NC1CCC(C(=O)Nc2cc(Oc3ccc(C(N)=NO)cc3)cc(Oc3ccc4nc(N)[nH]c4c3)c2)CC1. The molecule has 4 aromatic rings. The van der Waals surface area contributed by atoms with Crippen molar-refractivity contribution in [2.75, 3.05) is 11.1 Å². The molecule has 0 atom stereocenters. The molecule has 1 aromatic heterocycles. The third-order valence-corrected chi connectivity index (χ3v) is 7.17. The molecule has 5 rings (SSSR count). The Morgan fingerprint density at radius 1 is 0.933 bits per heavy atom. The predicted octanol–water partition coefficient (Wildman–Crippen LogP) is 5.85. The fourth-order valence-corrected chi connectivity index (χ4v) is 5.08. The van der Waals surface area contributed by atoms with Gasteiger partial charge >= 0.3 is 6.09 Å². The number of carbonyl (C=O) groups excluding carboxylic acids is 2. The normalized spacial score (nSPS) is 17.0. The number of anilines is 2. The molecular weight excluding hydrogens is 578 g/mol. The molecule has 0 unspecified atom stereocenters. The number of nitrogens with one attached hydrogen (secondary N) is 3. The van der Waals surface area contributed by atoms with Gasteiger partial charge in [0, 0.05) is 47.5 Å². The van der Waals surface area contributed by atoms with Crippen molar-refractivity contribution in [1.82, 2.24) is 15.3 Å². The third-order valence-electron chi connectivity index (χ3n) is 7.17. The van der Waals surface area contributed by atoms with Crippen molar-refractivity contribution < 1.29 is 29.0 Å². The number of amides is 2. The van der Waals surface area contributed by atoms with E-state index in [1.807, 2.05) is 20.8 Å². The van der Waals surface area contributed by atoms with Gasteiger partial charge in [-0.3, -0.25) is 4.79 Å². The predicted molar refractivity (Wildman–Crippen MR) is 170 cm³/mol. The lowest BCUT2D eigenvalue weighted by Gasteiger charge is -2.29. The van der Waals surface area contributed by atoms with Gasteiger partial charge in [0.05, 0.1) is 11.0 Å². The summed E-state index contributed by atoms with van der Waals surface area (Å²) in [5.41, 5.74) is 13.3. The molecule has 1 aliphatic rings. The van der Waals surface area contributed by atoms with Crippen LogP contribution in [-0.4, -0.2) is 44.7 Å². The average Bonchev–Trinajstić information content (AvgIpc) is 3.35. The number of nitrogens with two attached hydrogens (primary N) is 2. The van der Waals surface area contributed by atoms with Crippen molar-refractivity contribution in [3.63, 3.8) is 0 Å². The van der Waals surface area contributed by atoms with E-state index in [2.05, 4.69) is 25.8 Å². The Kier molecular flexibility index (Phi) is 8.98. The minimum Gasteiger partial charge on any atom is -0.457 e. The summed E-state index contributed by atoms with van der Waals surface area (Å²) in [4.78, 5) is 32.7. The number of nitrogen functional groups attached to an aromatic ring is 1. The van der Waals surface area contributed by atoms with E-state index in [9.17, 15) is 9.59 Å². The van der Waals surface area contributed by atoms with Crippen LogP contribution in [0.4, 0.5) is 16.4 Å². The van der Waals surface area contributed by atoms with Crippen molar-refractivity contribution >= 4 is 40.5 Å². The monoisotopic (exact) mass is 615 g/mol. The molecule has 0 spiro atoms. The van der Waals surface area contributed by atoms with Crippen LogP contribution in [0.1, 0.15) is 52.0 Å². The van der Waals surface area contributed by atoms with E-state index in [4.69, 9.17) is 30.9 Å². The number of aromatic amines is 1. The number of hydrogen-bond acceptors (Lipinski definition) is 9. The van der Waals surface area contributed by atoms with Crippen LogP contribution in [0, 0.1) is 5.92 Å². The summed E-state index contributed by atoms with van der Waals surface area (Å²) in [6, 6.07) is 17.1. The number of rotatable bonds is 8. The number of fused-ring (bicyclic) bond motifs is 1. The Bertz CT molecular complexity index is 1700. The molecule has 1 fully saturated rings. The maximum absolute atomic E-state index is 13.3. The molecule has 0 aliphatic heterocycles. The lowest BCUT2D eigenvalue weighted by atomic mass is 9.85. The van der Waals surface area contributed by atoms with E-state index in [1.54, 1.807) is 60.7 Å². The molecule has 1 heterocycles. The summed E-state index contributed by atoms with van der Waals surface area (Å²) in [6.07, 6.45) is 2.11. The molecule has 8 N–H and O–H groups in total. The lowest BCUT2D eigenvalue weighted by molar-refractivity contribution is -0.120. The van der Waals surface area contributed by atoms with Gasteiger partial charge in [-0.15, -0.1) is 0 Å². The van der Waals surface area contributed by atoms with Gasteiger partial charge in [0.1, 0.15) is 28.6 Å². The maximum atomic E-state index is 13.3. The summed E-state index contributed by atoms with van der Waals surface area (Å²) in [5.74, 6) is 1.78. The second-order valence-electron chi connectivity index (χ2n) is 11.9. The van der Waals surface area contributed by atoms with Crippen molar-refractivity contribution in [3.8, 4) is 23.0 Å². The van der Waals surface area contributed by atoms with Crippen LogP contribution in [0.15, 0.2) is 65.8 Å². The van der Waals surface area contributed by atoms with Gasteiger partial charge in [0.2, 0.25) is 5.91 Å². The Hall–Kier alpha value is -5.46. The molecular formula is C32H37N7O6. The van der Waals surface area contributed by atoms with Gasteiger partial charge < -0.3 is 46.5 Å². The van der Waals surface area contributed by atoms with Crippen LogP contribution in [0.25, 0.3) is 11.0 Å². The number of amidine groups is 1. The molecule has 45 heavy (non-hydrogen) atoms. The summed E-state index contributed by atoms with van der Waals surface area (Å²) in [5, 5.41) is 17.9. The Balaban J connectivity index is 1.30. The summed E-state index contributed by atoms with van der Waals surface area (Å²) in [6.45, 7) is 5.46. The fraction of sp³-hybridized carbons (Fsp3) is 0.312. The number of oxime groups is 1. The highest BCUT2D eigenvalue weighted by atomic mass is 16.6. The van der Waals surface area contributed by atoms with E-state index in [1.165, 1.54) is 0 Å². The van der Waals surface area contributed by atoms with Crippen molar-refractivity contribution in [3.05, 3.63) is 66.2 Å². The molecule has 13 heteroatoms. The van der Waals surface area contributed by atoms with Crippen molar-refractivity contribution in [1.29, 1.82) is 0 Å². The molecule has 1 saturated carbocycles. The first-order valence-corrected chi connectivity index (χ1v) is 14.6. The highest BCUT2D eigenvalue weighted by molar-refractivity contribution is 5.97. The highest BCUT2D eigenvalue weighted by Gasteiger charge is 2.28. The third kappa shape index (κ3) is 8.34. The quantitative estimate of drug-likeness (QED) is 0.0609. The summed E-state index contributed by atoms with van der Waals surface area (Å²) in [7, 11) is 0. The van der Waals surface area contributed by atoms with Crippen molar-refractivity contribution in [2.24, 2.45) is 16.8 Å². The second-order valence-corrected chi connectivity index (χ2v) is 11.9. The van der Waals surface area contributed by atoms with Crippen LogP contribution >= 0.6 is 0 Å². The van der Waals surface area contributed by atoms with Crippen LogP contribution in [0.5, 0.6) is 23.0 Å². The Morgan fingerprint density at radius 3 is 2.22 bits per heavy atom. The first kappa shape index (κ1) is 31.0. The number of alkyl carbamates (subject to hydrolysis) is 1. The number of carbonyl (C=O) groups is 2. The first-order valence-electron chi connectivity index (χ1n) is 14.6. The largest absolute Gasteiger partial charge is 0.457 e. The van der Waals surface area contributed by atoms with E-state index in [-0.39, 0.29) is 23.7 Å². The molecule has 0 bridgehead atoms. The molecule has 3 aromatic carbocycles. The summed E-state index contributed by atoms with van der Waals surface area (Å²) >= 11 is 0. The molecule has 13 nitrogen and oxygen atoms in total. The zero-order chi connectivity index (χ0) is 32.1. The van der Waals surface area contributed by atoms with Crippen LogP contribution in [0.3, 0.4) is 0 Å². The summed E-state index contributed by atoms with van der Waals surface area (Å²) < 4.78 is 17.6. The van der Waals surface area contributed by atoms with Crippen molar-refractivity contribution in [2.45, 2.75) is 58.1 Å². The molecule has 0 saturated heterocycles. The number of aromatic nitrogens is 2. The van der Waals surface area contributed by atoms with Gasteiger partial charge in [0.15, 0.2) is 11.8 Å². The van der Waals surface area contributed by atoms with Gasteiger partial charge in [0.25, 0.3) is 0 Å². The minimum atomic E-state index is -0.575. The van der Waals surface area contributed by atoms with Crippen LogP contribution < -0.4 is 31.6 Å². The number of ether oxygens (including phenoxy) is 3. The van der Waals surface area contributed by atoms with Gasteiger partial charge in [-0.2, -0.15) is 0 Å². The zero-order valence-corrected chi connectivity index (χ0v) is 25.3. The Morgan fingerprint density at radius 2 is 1.58 bits per heavy atom. The first-order chi connectivity index (χ1) is 21.4. The second kappa shape index (κ2) is 13.0. The lowest BCUT2D eigenvalue weighted by Crippen LogP contribution is -2.42. The molecule has 236 valence electrons. The molecule has 0 radical (unpaired) electrons. The van der Waals surface area contributed by atoms with Gasteiger partial charge in [-0.1, -0.05) is 5.16 Å². The fourth-order valence-electron chi connectivity index (χ4n) is 5.08. The molecule has 1 aliphatic carbocycles. The topological polar surface area (TPSA) is 199 Å². The van der Waals surface area contributed by atoms with E-state index >= 15 is 0 Å². The maximum Gasteiger partial charge on any atom is 0.407 e. The molecule has 2 amide bonds. The number of H-pyrrole nitrogens is 1. The minimum absolute atomic E-state index is 0.0207. The van der Waals surface area contributed by atoms with Crippen LogP contribution in [-0.2, 0) is 9.53 Å². The number of imidazole rings is 1.